The van der Waals surface area contributed by atoms with Crippen molar-refractivity contribution in [1.29, 1.82) is 0 Å². The lowest BCUT2D eigenvalue weighted by Crippen LogP contribution is -2.36. The third kappa shape index (κ3) is 4.29. The first-order chi connectivity index (χ1) is 12.5. The van der Waals surface area contributed by atoms with Crippen molar-refractivity contribution in [3.05, 3.63) is 66.9 Å². The van der Waals surface area contributed by atoms with Crippen molar-refractivity contribution in [3.63, 3.8) is 0 Å². The van der Waals surface area contributed by atoms with E-state index in [9.17, 15) is 5.11 Å². The van der Waals surface area contributed by atoms with E-state index in [0.29, 0.717) is 18.8 Å². The zero-order valence-corrected chi connectivity index (χ0v) is 16.1. The Balaban J connectivity index is 1.74. The quantitative estimate of drug-likeness (QED) is 0.700. The molecule has 0 aliphatic carbocycles. The first-order valence-corrected chi connectivity index (χ1v) is 9.72. The van der Waals surface area contributed by atoms with Crippen LogP contribution in [0.1, 0.15) is 20.3 Å². The van der Waals surface area contributed by atoms with Crippen LogP contribution in [0, 0.1) is 0 Å². The van der Waals surface area contributed by atoms with E-state index in [0.717, 1.165) is 27.9 Å². The van der Waals surface area contributed by atoms with Gasteiger partial charge in [-0.1, -0.05) is 36.5 Å². The number of hydrogen-bond acceptors (Lipinski definition) is 4. The lowest BCUT2D eigenvalue weighted by atomic mass is 10.2. The number of thioether (sulfide) groups is 1. The van der Waals surface area contributed by atoms with Crippen LogP contribution >= 0.6 is 11.8 Å². The van der Waals surface area contributed by atoms with Crippen LogP contribution in [0.15, 0.2) is 66.9 Å². The van der Waals surface area contributed by atoms with Crippen molar-refractivity contribution >= 4 is 28.2 Å². The highest BCUT2D eigenvalue weighted by molar-refractivity contribution is 8.14. The van der Waals surface area contributed by atoms with Crippen LogP contribution in [0.3, 0.4) is 0 Å². The molecule has 0 spiro atoms. The molecule has 1 aliphatic rings. The van der Waals surface area contributed by atoms with E-state index < -0.39 is 5.72 Å². The van der Waals surface area contributed by atoms with Crippen LogP contribution in [0.2, 0.25) is 0 Å². The average Bonchev–Trinajstić information content (AvgIpc) is 2.92. The van der Waals surface area contributed by atoms with Crippen LogP contribution in [0.5, 0.6) is 5.75 Å². The van der Waals surface area contributed by atoms with Crippen LogP contribution in [-0.2, 0) is 0 Å². The number of para-hydroxylation sites is 1. The van der Waals surface area contributed by atoms with Gasteiger partial charge in [-0.25, -0.2) is 0 Å². The van der Waals surface area contributed by atoms with Crippen molar-refractivity contribution in [2.75, 3.05) is 17.7 Å². The number of ether oxygens (including phenoxy) is 1. The van der Waals surface area contributed by atoms with Gasteiger partial charge in [-0.15, -0.1) is 0 Å². The number of hydrogen-bond donors (Lipinski definition) is 2. The summed E-state index contributed by atoms with van der Waals surface area (Å²) in [7, 11) is 0. The van der Waals surface area contributed by atoms with Gasteiger partial charge in [-0.05, 0) is 31.2 Å². The van der Waals surface area contributed by atoms with Gasteiger partial charge in [-0.3, -0.25) is 0 Å². The van der Waals surface area contributed by atoms with E-state index in [1.54, 1.807) is 11.8 Å². The van der Waals surface area contributed by atoms with Gasteiger partial charge in [0.2, 0.25) is 10.7 Å². The fourth-order valence-electron chi connectivity index (χ4n) is 2.98. The minimum atomic E-state index is -0.902. The molecule has 0 amide bonds. The largest absolute Gasteiger partial charge is 0.494 e. The van der Waals surface area contributed by atoms with E-state index in [2.05, 4.69) is 11.9 Å². The Bertz CT molecular complexity index is 799. The van der Waals surface area contributed by atoms with Crippen molar-refractivity contribution < 1.29 is 14.4 Å². The molecule has 3 rings (SSSR count). The summed E-state index contributed by atoms with van der Waals surface area (Å²) < 4.78 is 7.47. The fraction of sp³-hybridized carbons (Fsp3) is 0.286. The van der Waals surface area contributed by atoms with E-state index in [-0.39, 0.29) is 0 Å². The van der Waals surface area contributed by atoms with Gasteiger partial charge in [-0.2, -0.15) is 4.58 Å². The maximum Gasteiger partial charge on any atom is 0.277 e. The van der Waals surface area contributed by atoms with E-state index in [1.807, 2.05) is 73.0 Å². The smallest absolute Gasteiger partial charge is 0.277 e. The van der Waals surface area contributed by atoms with Gasteiger partial charge < -0.3 is 15.2 Å². The molecule has 5 heteroatoms. The number of anilines is 1. The van der Waals surface area contributed by atoms with E-state index in [4.69, 9.17) is 4.74 Å². The van der Waals surface area contributed by atoms with Crippen molar-refractivity contribution in [2.45, 2.75) is 26.0 Å². The van der Waals surface area contributed by atoms with E-state index in [1.165, 1.54) is 0 Å². The minimum absolute atomic E-state index is 0.633. The van der Waals surface area contributed by atoms with Crippen molar-refractivity contribution in [3.8, 4) is 5.75 Å². The fourth-order valence-corrected chi connectivity index (χ4v) is 4.26. The molecule has 0 saturated heterocycles. The highest BCUT2D eigenvalue weighted by Crippen LogP contribution is 2.34. The second-order valence-corrected chi connectivity index (χ2v) is 7.48. The summed E-state index contributed by atoms with van der Waals surface area (Å²) in [6, 6.07) is 17.8. The number of nitrogens with one attached hydrogen (secondary N) is 1. The second kappa shape index (κ2) is 7.98. The zero-order valence-electron chi connectivity index (χ0n) is 15.2. The Morgan fingerprint density at radius 3 is 2.58 bits per heavy atom. The van der Waals surface area contributed by atoms with Gasteiger partial charge in [0.05, 0.1) is 18.8 Å². The summed E-state index contributed by atoms with van der Waals surface area (Å²) in [5.74, 6) is 1.49. The summed E-state index contributed by atoms with van der Waals surface area (Å²) in [4.78, 5) is 0. The molecule has 0 fully saturated rings. The molecular formula is C21H25N2O2S+. The molecule has 2 N–H and O–H groups in total. The van der Waals surface area contributed by atoms with Crippen molar-refractivity contribution in [1.82, 2.24) is 0 Å². The summed E-state index contributed by atoms with van der Waals surface area (Å²) in [5.41, 5.74) is 1.95. The molecule has 0 unspecified atom stereocenters. The summed E-state index contributed by atoms with van der Waals surface area (Å²) in [5, 5.41) is 15.2. The molecule has 2 aromatic carbocycles. The molecule has 4 nitrogen and oxygen atoms in total. The standard InChI is InChI=1S/C21H25N2O2S/c1-4-25-19-12-10-17(11-13-19)22-16(2)14-20-23(21(3,24)15-26-20)18-8-6-5-7-9-18/h5-13,22,24H,2,4,14-15H2,1,3H3/q+1/t21-/m1/s1. The number of allylic oxidation sites excluding steroid dienone is 1. The third-order valence-corrected chi connectivity index (χ3v) is 5.46. The Morgan fingerprint density at radius 2 is 1.92 bits per heavy atom. The highest BCUT2D eigenvalue weighted by Gasteiger charge is 2.44. The normalized spacial score (nSPS) is 19.5. The van der Waals surface area contributed by atoms with Gasteiger partial charge in [0, 0.05) is 30.4 Å². The maximum atomic E-state index is 10.8. The SMILES string of the molecule is C=C(CC1=[N+](c2ccccc2)[C@](C)(O)CS1)Nc1ccc(OCC)cc1. The third-order valence-electron chi connectivity index (χ3n) is 4.11. The number of benzene rings is 2. The van der Waals surface area contributed by atoms with Gasteiger partial charge >= 0.3 is 0 Å². The maximum absolute atomic E-state index is 10.8. The van der Waals surface area contributed by atoms with E-state index >= 15 is 0 Å². The van der Waals surface area contributed by atoms with Gasteiger partial charge in [0.1, 0.15) is 5.75 Å². The summed E-state index contributed by atoms with van der Waals surface area (Å²) >= 11 is 1.67. The minimum Gasteiger partial charge on any atom is -0.494 e. The Labute approximate surface area is 159 Å². The molecule has 26 heavy (non-hydrogen) atoms. The van der Waals surface area contributed by atoms with Crippen LogP contribution in [0.25, 0.3) is 0 Å². The molecule has 1 atom stereocenters. The molecule has 0 radical (unpaired) electrons. The molecule has 136 valence electrons. The monoisotopic (exact) mass is 369 g/mol. The molecule has 0 bridgehead atoms. The molecular weight excluding hydrogens is 344 g/mol. The first kappa shape index (κ1) is 18.5. The molecule has 2 aromatic rings. The molecule has 1 aliphatic heterocycles. The molecule has 0 saturated carbocycles. The number of aliphatic hydroxyl groups is 1. The average molecular weight is 370 g/mol. The second-order valence-electron chi connectivity index (χ2n) is 6.43. The first-order valence-electron chi connectivity index (χ1n) is 8.73. The van der Waals surface area contributed by atoms with Crippen LogP contribution in [-0.4, -0.2) is 32.8 Å². The van der Waals surface area contributed by atoms with Crippen molar-refractivity contribution in [2.24, 2.45) is 0 Å². The predicted octanol–water partition coefficient (Wildman–Crippen LogP) is 4.60. The lowest BCUT2D eigenvalue weighted by Gasteiger charge is -2.15. The predicted molar refractivity (Wildman–Crippen MR) is 109 cm³/mol. The van der Waals surface area contributed by atoms with Crippen LogP contribution in [0.4, 0.5) is 11.4 Å². The lowest BCUT2D eigenvalue weighted by molar-refractivity contribution is -0.575. The number of rotatable bonds is 7. The van der Waals surface area contributed by atoms with Crippen LogP contribution < -0.4 is 10.1 Å². The summed E-state index contributed by atoms with van der Waals surface area (Å²) in [6.07, 6.45) is 0.656. The molecule has 1 heterocycles. The van der Waals surface area contributed by atoms with Gasteiger partial charge in [0.25, 0.3) is 5.72 Å². The Kier molecular flexibility index (Phi) is 5.69. The Morgan fingerprint density at radius 1 is 1.23 bits per heavy atom. The zero-order chi connectivity index (χ0) is 18.6. The Hall–Kier alpha value is -2.24. The molecule has 0 aromatic heterocycles. The topological polar surface area (TPSA) is 44.5 Å². The van der Waals surface area contributed by atoms with Gasteiger partial charge in [0.15, 0.2) is 0 Å². The number of nitrogens with zero attached hydrogens (tertiary/aromatic N) is 1. The highest BCUT2D eigenvalue weighted by atomic mass is 32.2. The summed E-state index contributed by atoms with van der Waals surface area (Å²) in [6.45, 7) is 8.64.